The average Bonchev–Trinajstić information content (AvgIpc) is 2.92. The van der Waals surface area contributed by atoms with Crippen molar-refractivity contribution in [1.82, 2.24) is 10.2 Å². The highest BCUT2D eigenvalue weighted by molar-refractivity contribution is 8.14. The van der Waals surface area contributed by atoms with Crippen molar-refractivity contribution in [3.05, 3.63) is 35.9 Å². The highest BCUT2D eigenvalue weighted by Crippen LogP contribution is 2.34. The number of ether oxygens (including phenoxy) is 1. The Morgan fingerprint density at radius 1 is 1.23 bits per heavy atom. The lowest BCUT2D eigenvalue weighted by Gasteiger charge is -2.40. The number of piperidine rings is 1. The van der Waals surface area contributed by atoms with Gasteiger partial charge in [0.2, 0.25) is 11.8 Å². The van der Waals surface area contributed by atoms with Gasteiger partial charge >= 0.3 is 5.97 Å². The van der Waals surface area contributed by atoms with E-state index in [1.807, 2.05) is 30.3 Å². The summed E-state index contributed by atoms with van der Waals surface area (Å²) in [4.78, 5) is 52.1. The summed E-state index contributed by atoms with van der Waals surface area (Å²) in [6.07, 6.45) is 3.11. The molecule has 2 amide bonds. The van der Waals surface area contributed by atoms with Crippen LogP contribution in [-0.4, -0.2) is 63.4 Å². The number of carbonyl (C=O) groups is 4. The average molecular weight is 465 g/mol. The lowest BCUT2D eigenvalue weighted by atomic mass is 10.00. The van der Waals surface area contributed by atoms with Gasteiger partial charge in [-0.2, -0.15) is 0 Å². The number of thioether (sulfide) groups is 2. The van der Waals surface area contributed by atoms with Crippen LogP contribution in [0.3, 0.4) is 0 Å². The van der Waals surface area contributed by atoms with Gasteiger partial charge in [-0.3, -0.25) is 14.4 Å². The molecule has 4 atom stereocenters. The van der Waals surface area contributed by atoms with Crippen LogP contribution in [0.1, 0.15) is 38.2 Å². The van der Waals surface area contributed by atoms with Crippen LogP contribution < -0.4 is 5.32 Å². The number of methoxy groups -OCH3 is 1. The molecule has 2 heterocycles. The van der Waals surface area contributed by atoms with Gasteiger partial charge in [0.25, 0.3) is 0 Å². The zero-order valence-electron chi connectivity index (χ0n) is 17.7. The third-order valence-corrected chi connectivity index (χ3v) is 7.81. The number of carbonyl (C=O) groups excluding carboxylic acids is 4. The van der Waals surface area contributed by atoms with Gasteiger partial charge in [0.05, 0.1) is 17.7 Å². The van der Waals surface area contributed by atoms with Crippen LogP contribution in [0, 0.1) is 0 Å². The molecule has 1 N–H and O–H groups in total. The van der Waals surface area contributed by atoms with Crippen LogP contribution in [0.15, 0.2) is 30.3 Å². The van der Waals surface area contributed by atoms with Crippen molar-refractivity contribution in [3.63, 3.8) is 0 Å². The van der Waals surface area contributed by atoms with E-state index in [9.17, 15) is 19.2 Å². The number of esters is 1. The summed E-state index contributed by atoms with van der Waals surface area (Å²) >= 11 is 2.62. The molecular formula is C22H28N2O5S2. The van der Waals surface area contributed by atoms with Crippen molar-refractivity contribution < 1.29 is 23.9 Å². The van der Waals surface area contributed by atoms with Crippen molar-refractivity contribution in [2.45, 2.75) is 61.7 Å². The summed E-state index contributed by atoms with van der Waals surface area (Å²) in [5, 5.41) is 2.01. The SMILES string of the molecule is COC(=O)[C@@H]1CCCC2SCC[C@H](NC(=O)[C@H](Cc3ccccc3)SC(C)=O)C(=O)N21. The number of nitrogens with zero attached hydrogens (tertiary/aromatic N) is 1. The Morgan fingerprint density at radius 3 is 2.65 bits per heavy atom. The van der Waals surface area contributed by atoms with Crippen LogP contribution in [0.2, 0.25) is 0 Å². The Morgan fingerprint density at radius 2 is 1.97 bits per heavy atom. The number of hydrogen-bond donors (Lipinski definition) is 1. The first-order valence-corrected chi connectivity index (χ1v) is 12.4. The Hall–Kier alpha value is -2.00. The van der Waals surface area contributed by atoms with Gasteiger partial charge in [0, 0.05) is 6.92 Å². The number of nitrogens with one attached hydrogen (secondary N) is 1. The van der Waals surface area contributed by atoms with E-state index in [0.29, 0.717) is 25.0 Å². The maximum Gasteiger partial charge on any atom is 0.328 e. The molecule has 1 aromatic rings. The fourth-order valence-corrected chi connectivity index (χ4v) is 6.27. The molecule has 1 unspecified atom stereocenters. The predicted molar refractivity (Wildman–Crippen MR) is 122 cm³/mol. The van der Waals surface area contributed by atoms with Gasteiger partial charge in [0.1, 0.15) is 12.1 Å². The quantitative estimate of drug-likeness (QED) is 0.646. The summed E-state index contributed by atoms with van der Waals surface area (Å²) in [6, 6.07) is 8.15. The second kappa shape index (κ2) is 11.0. The van der Waals surface area contributed by atoms with E-state index < -0.39 is 23.3 Å². The fraction of sp³-hybridized carbons (Fsp3) is 0.545. The minimum Gasteiger partial charge on any atom is -0.467 e. The van der Waals surface area contributed by atoms with Gasteiger partial charge in [-0.05, 0) is 43.4 Å². The molecule has 3 rings (SSSR count). The van der Waals surface area contributed by atoms with E-state index in [4.69, 9.17) is 4.74 Å². The molecule has 0 radical (unpaired) electrons. The number of rotatable bonds is 6. The first-order valence-electron chi connectivity index (χ1n) is 10.4. The van der Waals surface area contributed by atoms with E-state index in [1.165, 1.54) is 14.0 Å². The molecule has 2 aliphatic heterocycles. The van der Waals surface area contributed by atoms with Crippen molar-refractivity contribution >= 4 is 46.4 Å². The molecule has 7 nitrogen and oxygen atoms in total. The summed E-state index contributed by atoms with van der Waals surface area (Å²) < 4.78 is 4.92. The molecule has 0 aromatic heterocycles. The number of fused-ring (bicyclic) bond motifs is 1. The third kappa shape index (κ3) is 6.04. The van der Waals surface area contributed by atoms with Gasteiger partial charge in [-0.1, -0.05) is 42.1 Å². The number of amides is 2. The summed E-state index contributed by atoms with van der Waals surface area (Å²) in [5.41, 5.74) is 0.945. The molecule has 0 aliphatic carbocycles. The number of benzene rings is 1. The molecule has 1 aromatic carbocycles. The zero-order valence-corrected chi connectivity index (χ0v) is 19.4. The summed E-state index contributed by atoms with van der Waals surface area (Å²) in [5.74, 6) is -0.295. The van der Waals surface area contributed by atoms with E-state index >= 15 is 0 Å². The second-order valence-electron chi connectivity index (χ2n) is 7.68. The lowest BCUT2D eigenvalue weighted by molar-refractivity contribution is -0.156. The monoisotopic (exact) mass is 464 g/mol. The normalized spacial score (nSPS) is 24.5. The maximum atomic E-state index is 13.4. The molecule has 2 aliphatic rings. The van der Waals surface area contributed by atoms with Crippen LogP contribution in [0.4, 0.5) is 0 Å². The predicted octanol–water partition coefficient (Wildman–Crippen LogP) is 2.38. The third-order valence-electron chi connectivity index (χ3n) is 5.50. The van der Waals surface area contributed by atoms with Crippen molar-refractivity contribution in [3.8, 4) is 0 Å². The fourth-order valence-electron chi connectivity index (χ4n) is 4.03. The first kappa shape index (κ1) is 23.7. The first-order chi connectivity index (χ1) is 14.9. The van der Waals surface area contributed by atoms with E-state index in [0.717, 1.165) is 30.2 Å². The zero-order chi connectivity index (χ0) is 22.4. The van der Waals surface area contributed by atoms with Crippen LogP contribution >= 0.6 is 23.5 Å². The van der Waals surface area contributed by atoms with Gasteiger partial charge in [-0.15, -0.1) is 11.8 Å². The highest BCUT2D eigenvalue weighted by Gasteiger charge is 2.43. The van der Waals surface area contributed by atoms with Gasteiger partial charge < -0.3 is 15.0 Å². The van der Waals surface area contributed by atoms with Crippen molar-refractivity contribution in [2.24, 2.45) is 0 Å². The Bertz CT molecular complexity index is 819. The Balaban J connectivity index is 1.75. The molecule has 0 bridgehead atoms. The molecule has 9 heteroatoms. The largest absolute Gasteiger partial charge is 0.467 e. The topological polar surface area (TPSA) is 92.8 Å². The minimum absolute atomic E-state index is 0.0843. The van der Waals surface area contributed by atoms with Crippen LogP contribution in [-0.2, 0) is 30.3 Å². The summed E-state index contributed by atoms with van der Waals surface area (Å²) in [6.45, 7) is 1.43. The lowest BCUT2D eigenvalue weighted by Crippen LogP contribution is -2.58. The smallest absolute Gasteiger partial charge is 0.328 e. The second-order valence-corrected chi connectivity index (χ2v) is 10.3. The minimum atomic E-state index is -0.721. The van der Waals surface area contributed by atoms with Crippen molar-refractivity contribution in [1.29, 1.82) is 0 Å². The Kier molecular flexibility index (Phi) is 8.43. The molecule has 2 saturated heterocycles. The maximum absolute atomic E-state index is 13.4. The molecule has 31 heavy (non-hydrogen) atoms. The number of hydrogen-bond acceptors (Lipinski definition) is 7. The van der Waals surface area contributed by atoms with E-state index in [1.54, 1.807) is 16.7 Å². The molecule has 2 fully saturated rings. The molecule has 0 saturated carbocycles. The van der Waals surface area contributed by atoms with Crippen molar-refractivity contribution in [2.75, 3.05) is 12.9 Å². The van der Waals surface area contributed by atoms with Crippen LogP contribution in [0.5, 0.6) is 0 Å². The Labute approximate surface area is 191 Å². The van der Waals surface area contributed by atoms with E-state index in [-0.39, 0.29) is 22.3 Å². The molecular weight excluding hydrogens is 436 g/mol. The van der Waals surface area contributed by atoms with E-state index in [2.05, 4.69) is 5.32 Å². The standard InChI is InChI=1S/C22H28N2O5S2/c1-14(25)31-18(13-15-7-4-3-5-8-15)20(26)23-16-11-12-30-19-10-6-9-17(22(28)29-2)24(19)21(16)27/h3-5,7-8,16-19H,6,9-13H2,1-2H3,(H,23,26)/t16-,17-,18-,19?/m0/s1. The molecule has 0 spiro atoms. The summed E-state index contributed by atoms with van der Waals surface area (Å²) in [7, 11) is 1.33. The van der Waals surface area contributed by atoms with Crippen LogP contribution in [0.25, 0.3) is 0 Å². The van der Waals surface area contributed by atoms with Gasteiger partial charge in [-0.25, -0.2) is 4.79 Å². The highest BCUT2D eigenvalue weighted by atomic mass is 32.2. The molecule has 168 valence electrons. The van der Waals surface area contributed by atoms with Gasteiger partial charge in [0.15, 0.2) is 5.12 Å².